The number of anilines is 3. The molecule has 47 heavy (non-hydrogen) atoms. The molecule has 0 spiro atoms. The van der Waals surface area contributed by atoms with Gasteiger partial charge in [0.05, 0.1) is 30.2 Å². The van der Waals surface area contributed by atoms with Gasteiger partial charge >= 0.3 is 0 Å². The molecule has 242 valence electrons. The summed E-state index contributed by atoms with van der Waals surface area (Å²) >= 11 is 0. The van der Waals surface area contributed by atoms with Crippen LogP contribution in [0.3, 0.4) is 0 Å². The Balaban J connectivity index is 1.29. The van der Waals surface area contributed by atoms with E-state index in [1.807, 2.05) is 35.1 Å². The van der Waals surface area contributed by atoms with E-state index in [1.165, 1.54) is 7.05 Å². The van der Waals surface area contributed by atoms with Crippen molar-refractivity contribution in [1.82, 2.24) is 35.2 Å². The Labute approximate surface area is 271 Å². The highest BCUT2D eigenvalue weighted by Crippen LogP contribution is 2.42. The van der Waals surface area contributed by atoms with E-state index in [4.69, 9.17) is 9.84 Å². The maximum atomic E-state index is 12.7. The Kier molecular flexibility index (Phi) is 8.59. The van der Waals surface area contributed by atoms with Crippen LogP contribution in [-0.4, -0.2) is 74.0 Å². The van der Waals surface area contributed by atoms with E-state index in [2.05, 4.69) is 42.1 Å². The molecule has 0 unspecified atom stereocenters. The average Bonchev–Trinajstić information content (AvgIpc) is 3.80. The van der Waals surface area contributed by atoms with Gasteiger partial charge in [0.25, 0.3) is 5.91 Å². The quantitative estimate of drug-likeness (QED) is 0.189. The van der Waals surface area contributed by atoms with Gasteiger partial charge in [0.15, 0.2) is 11.5 Å². The fourth-order valence-corrected chi connectivity index (χ4v) is 5.55. The lowest BCUT2D eigenvalue weighted by Gasteiger charge is -2.39. The topological polar surface area (TPSA) is 183 Å². The highest BCUT2D eigenvalue weighted by molar-refractivity contribution is 6.00. The fourth-order valence-electron chi connectivity index (χ4n) is 5.55. The number of aromatic nitrogens is 5. The summed E-state index contributed by atoms with van der Waals surface area (Å²) in [5.74, 6) is 0.0633. The van der Waals surface area contributed by atoms with Crippen LogP contribution in [0.2, 0.25) is 0 Å². The van der Waals surface area contributed by atoms with Crippen molar-refractivity contribution in [3.05, 3.63) is 71.4 Å². The molecule has 4 aromatic rings. The van der Waals surface area contributed by atoms with Gasteiger partial charge in [-0.25, -0.2) is 4.98 Å². The number of benzene rings is 1. The smallest absolute Gasteiger partial charge is 0.273 e. The maximum Gasteiger partial charge on any atom is 0.273 e. The van der Waals surface area contributed by atoms with Crippen LogP contribution in [0.4, 0.5) is 17.2 Å². The minimum absolute atomic E-state index is 0.0315. The Morgan fingerprint density at radius 3 is 2.55 bits per heavy atom. The molecule has 3 aromatic heterocycles. The van der Waals surface area contributed by atoms with Crippen molar-refractivity contribution in [2.24, 2.45) is 5.92 Å². The van der Waals surface area contributed by atoms with Gasteiger partial charge < -0.3 is 25.8 Å². The third kappa shape index (κ3) is 6.76. The second-order valence-corrected chi connectivity index (χ2v) is 12.3. The molecule has 2 aliphatic rings. The van der Waals surface area contributed by atoms with Crippen LogP contribution in [0.25, 0.3) is 11.1 Å². The number of carbonyl (C=O) groups is 2. The molecule has 1 aliphatic heterocycles. The van der Waals surface area contributed by atoms with Crippen molar-refractivity contribution < 1.29 is 19.4 Å². The predicted molar refractivity (Wildman–Crippen MR) is 173 cm³/mol. The number of amides is 2. The highest BCUT2D eigenvalue weighted by atomic mass is 16.5. The SMILES string of the molecule is CNC(=O)c1nnc(NC(=O)C2CC2)cc1Nc1cccc(-c2cn(C3CN(Cc4cccc(C#N)n4)C3)nc2C(C)(C)O)c1OC. The zero-order valence-corrected chi connectivity index (χ0v) is 26.6. The molecule has 1 aromatic carbocycles. The number of para-hydroxylation sites is 1. The second-order valence-electron chi connectivity index (χ2n) is 12.3. The number of nitrogens with one attached hydrogen (secondary N) is 3. The number of hydrogen-bond acceptors (Lipinski definition) is 11. The van der Waals surface area contributed by atoms with Gasteiger partial charge in [-0.1, -0.05) is 18.2 Å². The van der Waals surface area contributed by atoms with Crippen LogP contribution in [-0.2, 0) is 16.9 Å². The number of nitrogens with zero attached hydrogens (tertiary/aromatic N) is 7. The molecule has 14 heteroatoms. The summed E-state index contributed by atoms with van der Waals surface area (Å²) < 4.78 is 7.80. The van der Waals surface area contributed by atoms with Gasteiger partial charge in [-0.05, 0) is 44.9 Å². The minimum atomic E-state index is -1.27. The van der Waals surface area contributed by atoms with E-state index in [0.29, 0.717) is 46.2 Å². The molecular formula is C33H36N10O4. The van der Waals surface area contributed by atoms with Gasteiger partial charge in [0.2, 0.25) is 5.91 Å². The van der Waals surface area contributed by atoms with Crippen molar-refractivity contribution in [2.45, 2.75) is 44.9 Å². The third-order valence-corrected chi connectivity index (χ3v) is 8.14. The summed E-state index contributed by atoms with van der Waals surface area (Å²) in [7, 11) is 3.04. The summed E-state index contributed by atoms with van der Waals surface area (Å²) in [6.45, 7) is 5.44. The standard InChI is InChI=1S/C33H36N10O4/c1-33(2,46)30-24(18-43(41-30)22-16-42(17-22)15-21-8-5-7-20(14-34)36-21)23-9-6-10-25(29(23)47-4)37-26-13-27(38-31(44)19-11-12-19)39-40-28(26)32(45)35-3/h5-10,13,18-19,22,46H,11-12,15-17H2,1-4H3,(H,35,45)(H2,37,38,39,44). The van der Waals surface area contributed by atoms with Crippen molar-refractivity contribution >= 4 is 29.0 Å². The zero-order chi connectivity index (χ0) is 33.3. The fraction of sp³-hybridized carbons (Fsp3) is 0.364. The van der Waals surface area contributed by atoms with Crippen LogP contribution in [0, 0.1) is 17.2 Å². The molecular weight excluding hydrogens is 600 g/mol. The lowest BCUT2D eigenvalue weighted by molar-refractivity contribution is -0.117. The van der Waals surface area contributed by atoms with Crippen molar-refractivity contribution in [3.8, 4) is 22.9 Å². The van der Waals surface area contributed by atoms with Gasteiger partial charge in [-0.2, -0.15) is 10.4 Å². The maximum absolute atomic E-state index is 12.7. The third-order valence-electron chi connectivity index (χ3n) is 8.14. The number of aliphatic hydroxyl groups is 1. The van der Waals surface area contributed by atoms with E-state index < -0.39 is 11.5 Å². The van der Waals surface area contributed by atoms with E-state index in [9.17, 15) is 20.0 Å². The monoisotopic (exact) mass is 636 g/mol. The Hall–Kier alpha value is -5.39. The van der Waals surface area contributed by atoms with Crippen LogP contribution >= 0.6 is 0 Å². The number of likely N-dealkylation sites (tertiary alicyclic amines) is 1. The van der Waals surface area contributed by atoms with Crippen LogP contribution in [0.1, 0.15) is 60.3 Å². The summed E-state index contributed by atoms with van der Waals surface area (Å²) in [6, 6.07) is 14.7. The molecule has 14 nitrogen and oxygen atoms in total. The summed E-state index contributed by atoms with van der Waals surface area (Å²) in [5, 5.41) is 41.9. The van der Waals surface area contributed by atoms with Gasteiger partial charge in [0, 0.05) is 56.0 Å². The lowest BCUT2D eigenvalue weighted by Crippen LogP contribution is -2.47. The van der Waals surface area contributed by atoms with Gasteiger partial charge in [0.1, 0.15) is 28.8 Å². The van der Waals surface area contributed by atoms with E-state index in [-0.39, 0.29) is 29.4 Å². The first kappa shape index (κ1) is 31.6. The molecule has 6 rings (SSSR count). The molecule has 0 atom stereocenters. The Morgan fingerprint density at radius 1 is 1.11 bits per heavy atom. The van der Waals surface area contributed by atoms with E-state index in [1.54, 1.807) is 39.2 Å². The number of hydrogen-bond donors (Lipinski definition) is 4. The van der Waals surface area contributed by atoms with Gasteiger partial charge in [-0.3, -0.25) is 19.2 Å². The molecule has 1 aliphatic carbocycles. The lowest BCUT2D eigenvalue weighted by atomic mass is 9.95. The first-order valence-electron chi connectivity index (χ1n) is 15.3. The molecule has 2 fully saturated rings. The first-order valence-corrected chi connectivity index (χ1v) is 15.3. The second kappa shape index (κ2) is 12.8. The largest absolute Gasteiger partial charge is 0.494 e. The molecule has 0 radical (unpaired) electrons. The number of pyridine rings is 1. The number of rotatable bonds is 11. The summed E-state index contributed by atoms with van der Waals surface area (Å²) in [6.07, 6.45) is 3.59. The molecule has 2 amide bonds. The number of carbonyl (C=O) groups excluding carboxylic acids is 2. The van der Waals surface area contributed by atoms with Crippen LogP contribution in [0.15, 0.2) is 48.7 Å². The Bertz CT molecular complexity index is 1870. The predicted octanol–water partition coefficient (Wildman–Crippen LogP) is 3.35. The van der Waals surface area contributed by atoms with Crippen molar-refractivity contribution in [1.29, 1.82) is 5.26 Å². The van der Waals surface area contributed by atoms with Crippen LogP contribution in [0.5, 0.6) is 5.75 Å². The minimum Gasteiger partial charge on any atom is -0.494 e. The Morgan fingerprint density at radius 2 is 1.87 bits per heavy atom. The van der Waals surface area contributed by atoms with Gasteiger partial charge in [-0.15, -0.1) is 10.2 Å². The molecule has 1 saturated heterocycles. The summed E-state index contributed by atoms with van der Waals surface area (Å²) in [4.78, 5) is 31.7. The average molecular weight is 637 g/mol. The zero-order valence-electron chi connectivity index (χ0n) is 26.6. The van der Waals surface area contributed by atoms with E-state index in [0.717, 1.165) is 31.6 Å². The molecule has 0 bridgehead atoms. The number of ether oxygens (including phenoxy) is 1. The number of methoxy groups -OCH3 is 1. The van der Waals surface area contributed by atoms with E-state index >= 15 is 0 Å². The number of nitriles is 1. The van der Waals surface area contributed by atoms with Crippen LogP contribution < -0.4 is 20.7 Å². The normalized spacial score (nSPS) is 15.0. The van der Waals surface area contributed by atoms with Crippen molar-refractivity contribution in [2.75, 3.05) is 37.9 Å². The molecule has 4 N–H and O–H groups in total. The summed E-state index contributed by atoms with van der Waals surface area (Å²) in [5.41, 5.74) is 2.70. The first-order chi connectivity index (χ1) is 22.6. The van der Waals surface area contributed by atoms with Crippen molar-refractivity contribution in [3.63, 3.8) is 0 Å². The molecule has 1 saturated carbocycles. The molecule has 4 heterocycles. The highest BCUT2D eigenvalue weighted by Gasteiger charge is 2.34.